The Hall–Kier alpha value is -0.453. The van der Waals surface area contributed by atoms with Crippen LogP contribution in [0.15, 0.2) is 11.6 Å². The van der Waals surface area contributed by atoms with E-state index < -0.39 is 8.32 Å². The molecule has 3 fully saturated rings. The summed E-state index contributed by atoms with van der Waals surface area (Å²) in [5, 5.41) is 10.8. The van der Waals surface area contributed by atoms with Crippen molar-refractivity contribution in [2.75, 3.05) is 0 Å². The maximum absolute atomic E-state index is 12.4. The Morgan fingerprint density at radius 1 is 1.23 bits per heavy atom. The third-order valence-corrected chi connectivity index (χ3v) is 12.7. The summed E-state index contributed by atoms with van der Waals surface area (Å²) in [7, 11) is -1.81. The van der Waals surface area contributed by atoms with Gasteiger partial charge >= 0.3 is 0 Å². The molecule has 3 saturated carbocycles. The van der Waals surface area contributed by atoms with Crippen LogP contribution in [0.5, 0.6) is 0 Å². The first kappa shape index (κ1) is 23.7. The minimum absolute atomic E-state index is 0.0407. The SMILES string of the molecule is CC(=O)[C@H]1CC[C@H]2[C@@H]3CC=C4CC(O)CC(O[Si](C)(C)CC(C)C)[C@]4(C)[C@H]3CC[C@]12C. The number of aliphatic hydroxyl groups is 1. The first-order valence-corrected chi connectivity index (χ1v) is 16.1. The lowest BCUT2D eigenvalue weighted by atomic mass is 9.46. The van der Waals surface area contributed by atoms with Crippen LogP contribution in [-0.2, 0) is 9.22 Å². The van der Waals surface area contributed by atoms with Crippen molar-refractivity contribution in [3.8, 4) is 0 Å². The molecule has 0 aromatic heterocycles. The zero-order valence-electron chi connectivity index (χ0n) is 21.0. The standard InChI is InChI=1S/C27H46O3Si/c1-17(2)16-31(6,7)30-25-15-20(29)14-19-8-9-21-23-11-10-22(18(3)28)26(23,4)13-12-24(21)27(19,25)5/h8,17,20-25,29H,9-16H2,1-7H3/t20?,21-,22+,23-,24-,25?,26+,27-/m0/s1. The molecule has 0 aromatic carbocycles. The van der Waals surface area contributed by atoms with E-state index in [0.717, 1.165) is 25.7 Å². The van der Waals surface area contributed by atoms with E-state index in [9.17, 15) is 9.90 Å². The molecule has 31 heavy (non-hydrogen) atoms. The number of carbonyl (C=O) groups excluding carboxylic acids is 1. The summed E-state index contributed by atoms with van der Waals surface area (Å²) in [6.45, 7) is 16.0. The Morgan fingerprint density at radius 3 is 2.58 bits per heavy atom. The predicted molar refractivity (Wildman–Crippen MR) is 129 cm³/mol. The zero-order valence-corrected chi connectivity index (χ0v) is 22.0. The smallest absolute Gasteiger partial charge is 0.187 e. The quantitative estimate of drug-likeness (QED) is 0.394. The number of ketones is 1. The monoisotopic (exact) mass is 446 g/mol. The van der Waals surface area contributed by atoms with Crippen LogP contribution in [0.3, 0.4) is 0 Å². The first-order valence-electron chi connectivity index (χ1n) is 12.9. The Kier molecular flexibility index (Phi) is 6.19. The number of hydrogen-bond acceptors (Lipinski definition) is 3. The highest BCUT2D eigenvalue weighted by atomic mass is 28.4. The van der Waals surface area contributed by atoms with Gasteiger partial charge in [0, 0.05) is 11.3 Å². The Labute approximate surface area is 191 Å². The first-order chi connectivity index (χ1) is 14.4. The number of allylic oxidation sites excluding steroid dienone is 1. The number of Topliss-reactive ketones (excluding diaryl/α,β-unsaturated/α-hetero) is 1. The van der Waals surface area contributed by atoms with Crippen LogP contribution in [0.4, 0.5) is 0 Å². The molecule has 0 spiro atoms. The van der Waals surface area contributed by atoms with Gasteiger partial charge in [-0.3, -0.25) is 4.79 Å². The van der Waals surface area contributed by atoms with E-state index in [-0.39, 0.29) is 29.0 Å². The second-order valence-corrected chi connectivity index (χ2v) is 17.1. The van der Waals surface area contributed by atoms with E-state index in [1.807, 2.05) is 6.92 Å². The van der Waals surface area contributed by atoms with E-state index in [4.69, 9.17) is 4.43 Å². The molecule has 176 valence electrons. The van der Waals surface area contributed by atoms with E-state index >= 15 is 0 Å². The van der Waals surface area contributed by atoms with Gasteiger partial charge in [0.15, 0.2) is 8.32 Å². The average molecular weight is 447 g/mol. The summed E-state index contributed by atoms with van der Waals surface area (Å²) in [4.78, 5) is 12.4. The van der Waals surface area contributed by atoms with E-state index in [0.29, 0.717) is 29.5 Å². The molecule has 4 aliphatic rings. The van der Waals surface area contributed by atoms with Crippen molar-refractivity contribution in [3.05, 3.63) is 11.6 Å². The van der Waals surface area contributed by atoms with E-state index in [1.54, 1.807) is 0 Å². The van der Waals surface area contributed by atoms with Gasteiger partial charge in [0.1, 0.15) is 5.78 Å². The molecule has 4 rings (SSSR count). The molecule has 0 bridgehead atoms. The lowest BCUT2D eigenvalue weighted by Gasteiger charge is -2.60. The van der Waals surface area contributed by atoms with Crippen molar-refractivity contribution in [3.63, 3.8) is 0 Å². The molecule has 0 radical (unpaired) electrons. The average Bonchev–Trinajstić information content (AvgIpc) is 2.99. The highest BCUT2D eigenvalue weighted by Crippen LogP contribution is 2.66. The molecule has 2 unspecified atom stereocenters. The Balaban J connectivity index is 1.66. The highest BCUT2D eigenvalue weighted by molar-refractivity contribution is 6.71. The molecule has 0 heterocycles. The van der Waals surface area contributed by atoms with Gasteiger partial charge in [-0.2, -0.15) is 0 Å². The normalized spacial score (nSPS) is 45.0. The second kappa shape index (κ2) is 8.09. The van der Waals surface area contributed by atoms with Crippen LogP contribution in [0.2, 0.25) is 19.1 Å². The maximum atomic E-state index is 12.4. The van der Waals surface area contributed by atoms with Crippen molar-refractivity contribution >= 4 is 14.1 Å². The van der Waals surface area contributed by atoms with Crippen molar-refractivity contribution in [2.24, 2.45) is 40.4 Å². The van der Waals surface area contributed by atoms with Gasteiger partial charge in [0.2, 0.25) is 0 Å². The minimum Gasteiger partial charge on any atom is -0.413 e. The van der Waals surface area contributed by atoms with Crippen molar-refractivity contribution in [1.82, 2.24) is 0 Å². The van der Waals surface area contributed by atoms with E-state index in [2.05, 4.69) is 46.9 Å². The molecule has 0 amide bonds. The molecule has 0 aliphatic heterocycles. The number of fused-ring (bicyclic) bond motifs is 5. The molecule has 4 heteroatoms. The van der Waals surface area contributed by atoms with Gasteiger partial charge in [0.25, 0.3) is 0 Å². The summed E-state index contributed by atoms with van der Waals surface area (Å²) in [6, 6.07) is 1.17. The number of rotatable bonds is 5. The molecule has 3 nitrogen and oxygen atoms in total. The highest BCUT2D eigenvalue weighted by Gasteiger charge is 2.61. The maximum Gasteiger partial charge on any atom is 0.187 e. The van der Waals surface area contributed by atoms with Crippen molar-refractivity contribution < 1.29 is 14.3 Å². The molecule has 8 atom stereocenters. The minimum atomic E-state index is -1.81. The molecule has 0 saturated heterocycles. The van der Waals surface area contributed by atoms with Crippen LogP contribution in [-0.4, -0.2) is 31.4 Å². The lowest BCUT2D eigenvalue weighted by Crippen LogP contribution is -2.58. The molecule has 4 aliphatic carbocycles. The van der Waals surface area contributed by atoms with Crippen LogP contribution in [0.25, 0.3) is 0 Å². The van der Waals surface area contributed by atoms with E-state index in [1.165, 1.54) is 30.9 Å². The van der Waals surface area contributed by atoms with Gasteiger partial charge in [-0.25, -0.2) is 0 Å². The predicted octanol–water partition coefficient (Wildman–Crippen LogP) is 6.37. The molecule has 1 N–H and O–H groups in total. The zero-order chi connectivity index (χ0) is 22.8. The van der Waals surface area contributed by atoms with Gasteiger partial charge in [-0.05, 0) is 100 Å². The summed E-state index contributed by atoms with van der Waals surface area (Å²) in [5.41, 5.74) is 1.70. The Morgan fingerprint density at radius 2 is 1.94 bits per heavy atom. The Bertz CT molecular complexity index is 743. The van der Waals surface area contributed by atoms with Crippen LogP contribution in [0.1, 0.15) is 79.6 Å². The fraction of sp³-hybridized carbons (Fsp3) is 0.889. The van der Waals surface area contributed by atoms with Gasteiger partial charge in [-0.1, -0.05) is 39.3 Å². The summed E-state index contributed by atoms with van der Waals surface area (Å²) >= 11 is 0. The van der Waals surface area contributed by atoms with Crippen LogP contribution < -0.4 is 0 Å². The fourth-order valence-electron chi connectivity index (χ4n) is 8.93. The third kappa shape index (κ3) is 3.93. The van der Waals surface area contributed by atoms with Crippen LogP contribution in [0, 0.1) is 40.4 Å². The topological polar surface area (TPSA) is 46.5 Å². The lowest BCUT2D eigenvalue weighted by molar-refractivity contribution is -0.130. The third-order valence-electron chi connectivity index (χ3n) is 10.00. The molecule has 0 aromatic rings. The van der Waals surface area contributed by atoms with Crippen LogP contribution >= 0.6 is 0 Å². The summed E-state index contributed by atoms with van der Waals surface area (Å²) in [6.07, 6.45) is 9.76. The van der Waals surface area contributed by atoms with Crippen molar-refractivity contribution in [1.29, 1.82) is 0 Å². The summed E-state index contributed by atoms with van der Waals surface area (Å²) in [5.74, 6) is 3.25. The van der Waals surface area contributed by atoms with Gasteiger partial charge in [-0.15, -0.1) is 0 Å². The molecular weight excluding hydrogens is 400 g/mol. The fourth-order valence-corrected chi connectivity index (χ4v) is 12.1. The number of carbonyl (C=O) groups is 1. The number of hydrogen-bond donors (Lipinski definition) is 1. The summed E-state index contributed by atoms with van der Waals surface area (Å²) < 4.78 is 7.06. The van der Waals surface area contributed by atoms with Gasteiger partial charge in [0.05, 0.1) is 12.2 Å². The second-order valence-electron chi connectivity index (χ2n) is 13.0. The van der Waals surface area contributed by atoms with Gasteiger partial charge < -0.3 is 9.53 Å². The largest absolute Gasteiger partial charge is 0.413 e. The van der Waals surface area contributed by atoms with Crippen molar-refractivity contribution in [2.45, 2.75) is 111 Å². The number of aliphatic hydroxyl groups excluding tert-OH is 1. The molecular formula is C27H46O3Si.